The summed E-state index contributed by atoms with van der Waals surface area (Å²) in [5, 5.41) is 6.11. The predicted octanol–water partition coefficient (Wildman–Crippen LogP) is 2.78. The number of imidazole rings is 1. The number of hydrazone groups is 1. The first-order chi connectivity index (χ1) is 18.1. The van der Waals surface area contributed by atoms with Crippen molar-refractivity contribution in [3.05, 3.63) is 80.0 Å². The van der Waals surface area contributed by atoms with Crippen LogP contribution in [0.4, 0.5) is 0 Å². The molecular weight excluding hydrogens is 488 g/mol. The quantitative estimate of drug-likeness (QED) is 0.403. The number of amides is 1. The van der Waals surface area contributed by atoms with Crippen LogP contribution in [0.5, 0.6) is 17.5 Å². The second-order valence-corrected chi connectivity index (χ2v) is 9.34. The van der Waals surface area contributed by atoms with E-state index in [9.17, 15) is 14.4 Å². The molecule has 11 nitrogen and oxygen atoms in total. The lowest BCUT2D eigenvalue weighted by Crippen LogP contribution is -2.37. The third-order valence-electron chi connectivity index (χ3n) is 6.83. The molecule has 0 fully saturated rings. The van der Waals surface area contributed by atoms with Crippen LogP contribution in [0.2, 0.25) is 0 Å². The van der Waals surface area contributed by atoms with Crippen molar-refractivity contribution in [2.75, 3.05) is 7.11 Å². The third-order valence-corrected chi connectivity index (χ3v) is 6.83. The van der Waals surface area contributed by atoms with Gasteiger partial charge in [-0.2, -0.15) is 10.1 Å². The molecule has 4 aromatic rings. The van der Waals surface area contributed by atoms with Gasteiger partial charge in [0.15, 0.2) is 22.7 Å². The lowest BCUT2D eigenvalue weighted by molar-refractivity contribution is -0.130. The SMILES string of the molecule is COc1cc(C2CC(c3ccc(C)cc3)=NN2C(C)=O)ccc1Oc1nc2c(c(=O)n(C)c(=O)n2C)n1C. The predicted molar refractivity (Wildman–Crippen MR) is 142 cm³/mol. The first kappa shape index (κ1) is 25.0. The zero-order valence-corrected chi connectivity index (χ0v) is 22.1. The van der Waals surface area contributed by atoms with Crippen molar-refractivity contribution in [1.82, 2.24) is 23.7 Å². The highest BCUT2D eigenvalue weighted by Gasteiger charge is 2.32. The fraction of sp³-hybridized carbons (Fsp3) is 0.296. The molecule has 5 rings (SSSR count). The monoisotopic (exact) mass is 516 g/mol. The standard InChI is InChI=1S/C27H28N6O5/c1-15-7-9-17(10-8-15)19-14-20(33(29-19)16(2)34)18-11-12-21(22(13-18)37-6)38-26-28-24-23(30(26)3)25(35)32(5)27(36)31(24)4/h7-13,20H,14H2,1-6H3. The molecule has 0 spiro atoms. The Hall–Kier alpha value is -4.67. The molecular formula is C27H28N6O5. The molecule has 0 bridgehead atoms. The molecule has 196 valence electrons. The van der Waals surface area contributed by atoms with E-state index in [4.69, 9.17) is 9.47 Å². The van der Waals surface area contributed by atoms with Crippen LogP contribution < -0.4 is 20.7 Å². The summed E-state index contributed by atoms with van der Waals surface area (Å²) in [6.07, 6.45) is 0.550. The zero-order valence-electron chi connectivity index (χ0n) is 22.1. The fourth-order valence-corrected chi connectivity index (χ4v) is 4.64. The maximum absolute atomic E-state index is 12.7. The second-order valence-electron chi connectivity index (χ2n) is 9.34. The highest BCUT2D eigenvalue weighted by Crippen LogP contribution is 2.39. The number of carbonyl (C=O) groups excluding carboxylic acids is 1. The number of ether oxygens (including phenoxy) is 2. The van der Waals surface area contributed by atoms with Gasteiger partial charge in [0.2, 0.25) is 5.91 Å². The van der Waals surface area contributed by atoms with Crippen molar-refractivity contribution in [3.8, 4) is 17.5 Å². The molecule has 2 aromatic carbocycles. The molecule has 1 amide bonds. The average molecular weight is 517 g/mol. The zero-order chi connectivity index (χ0) is 27.3. The first-order valence-electron chi connectivity index (χ1n) is 12.0. The Morgan fingerprint density at radius 1 is 0.974 bits per heavy atom. The minimum absolute atomic E-state index is 0.126. The van der Waals surface area contributed by atoms with Gasteiger partial charge in [0.1, 0.15) is 0 Å². The summed E-state index contributed by atoms with van der Waals surface area (Å²) in [5.74, 6) is 0.621. The van der Waals surface area contributed by atoms with Gasteiger partial charge in [0.25, 0.3) is 5.56 Å². The van der Waals surface area contributed by atoms with Gasteiger partial charge >= 0.3 is 11.7 Å². The number of carbonyl (C=O) groups is 1. The van der Waals surface area contributed by atoms with Crippen LogP contribution in [-0.4, -0.2) is 42.4 Å². The number of aromatic nitrogens is 4. The first-order valence-corrected chi connectivity index (χ1v) is 12.0. The van der Waals surface area contributed by atoms with Gasteiger partial charge in [-0.15, -0.1) is 0 Å². The average Bonchev–Trinajstić information content (AvgIpc) is 3.49. The van der Waals surface area contributed by atoms with Gasteiger partial charge in [-0.3, -0.25) is 23.3 Å². The number of aryl methyl sites for hydroxylation is 3. The Kier molecular flexibility index (Phi) is 6.14. The molecule has 1 aliphatic heterocycles. The third kappa shape index (κ3) is 4.05. The van der Waals surface area contributed by atoms with Crippen LogP contribution in [0.3, 0.4) is 0 Å². The van der Waals surface area contributed by atoms with E-state index in [1.165, 1.54) is 35.2 Å². The molecule has 1 atom stereocenters. The molecule has 0 radical (unpaired) electrons. The van der Waals surface area contributed by atoms with Crippen LogP contribution in [-0.2, 0) is 25.9 Å². The Labute approximate surface area is 218 Å². The van der Waals surface area contributed by atoms with Crippen LogP contribution >= 0.6 is 0 Å². The van der Waals surface area contributed by atoms with Gasteiger partial charge in [0, 0.05) is 34.5 Å². The number of hydrogen-bond acceptors (Lipinski definition) is 7. The molecule has 0 N–H and O–H groups in total. The maximum atomic E-state index is 12.7. The van der Waals surface area contributed by atoms with Crippen LogP contribution in [0.25, 0.3) is 11.2 Å². The summed E-state index contributed by atoms with van der Waals surface area (Å²) in [7, 11) is 6.13. The van der Waals surface area contributed by atoms with Crippen LogP contribution in [0.1, 0.15) is 36.1 Å². The minimum Gasteiger partial charge on any atom is -0.493 e. The van der Waals surface area contributed by atoms with Gasteiger partial charge in [0.05, 0.1) is 18.9 Å². The summed E-state index contributed by atoms with van der Waals surface area (Å²) < 4.78 is 15.5. The lowest BCUT2D eigenvalue weighted by Gasteiger charge is -2.21. The summed E-state index contributed by atoms with van der Waals surface area (Å²) in [6.45, 7) is 3.52. The Morgan fingerprint density at radius 3 is 2.34 bits per heavy atom. The smallest absolute Gasteiger partial charge is 0.332 e. The van der Waals surface area contributed by atoms with Crippen molar-refractivity contribution in [2.24, 2.45) is 26.2 Å². The van der Waals surface area contributed by atoms with Gasteiger partial charge in [-0.1, -0.05) is 35.9 Å². The topological polar surface area (TPSA) is 113 Å². The molecule has 11 heteroatoms. The summed E-state index contributed by atoms with van der Waals surface area (Å²) in [6, 6.07) is 13.3. The van der Waals surface area contributed by atoms with E-state index in [1.54, 1.807) is 26.2 Å². The number of methoxy groups -OCH3 is 1. The fourth-order valence-electron chi connectivity index (χ4n) is 4.64. The van der Waals surface area contributed by atoms with Gasteiger partial charge in [-0.05, 0) is 30.2 Å². The van der Waals surface area contributed by atoms with Crippen LogP contribution in [0, 0.1) is 6.92 Å². The lowest BCUT2D eigenvalue weighted by atomic mass is 9.97. The van der Waals surface area contributed by atoms with E-state index in [1.807, 2.05) is 37.3 Å². The van der Waals surface area contributed by atoms with E-state index < -0.39 is 11.2 Å². The molecule has 0 saturated carbocycles. The Morgan fingerprint density at radius 2 is 1.68 bits per heavy atom. The van der Waals surface area contributed by atoms with Crippen molar-refractivity contribution in [1.29, 1.82) is 0 Å². The normalized spacial score (nSPS) is 15.2. The largest absolute Gasteiger partial charge is 0.493 e. The van der Waals surface area contributed by atoms with E-state index in [0.717, 1.165) is 27.0 Å². The second kappa shape index (κ2) is 9.33. The molecule has 2 aromatic heterocycles. The maximum Gasteiger partial charge on any atom is 0.332 e. The number of nitrogens with zero attached hydrogens (tertiary/aromatic N) is 6. The van der Waals surface area contributed by atoms with Crippen molar-refractivity contribution < 1.29 is 14.3 Å². The van der Waals surface area contributed by atoms with Crippen molar-refractivity contribution in [3.63, 3.8) is 0 Å². The summed E-state index contributed by atoms with van der Waals surface area (Å²) in [5.41, 5.74) is 3.29. The molecule has 1 unspecified atom stereocenters. The summed E-state index contributed by atoms with van der Waals surface area (Å²) >= 11 is 0. The number of rotatable bonds is 5. The minimum atomic E-state index is -0.479. The molecule has 38 heavy (non-hydrogen) atoms. The number of hydrogen-bond donors (Lipinski definition) is 0. The molecule has 0 saturated heterocycles. The molecule has 1 aliphatic rings. The number of fused-ring (bicyclic) bond motifs is 1. The Bertz CT molecular complexity index is 1730. The molecule has 0 aliphatic carbocycles. The number of benzene rings is 2. The van der Waals surface area contributed by atoms with Crippen molar-refractivity contribution >= 4 is 22.8 Å². The van der Waals surface area contributed by atoms with E-state index >= 15 is 0 Å². The Balaban J connectivity index is 1.49. The summed E-state index contributed by atoms with van der Waals surface area (Å²) in [4.78, 5) is 41.9. The molecule has 3 heterocycles. The van der Waals surface area contributed by atoms with Gasteiger partial charge < -0.3 is 9.47 Å². The van der Waals surface area contributed by atoms with E-state index in [2.05, 4.69) is 10.1 Å². The highest BCUT2D eigenvalue weighted by atomic mass is 16.5. The van der Waals surface area contributed by atoms with Gasteiger partial charge in [-0.25, -0.2) is 9.80 Å². The van der Waals surface area contributed by atoms with E-state index in [0.29, 0.717) is 17.9 Å². The van der Waals surface area contributed by atoms with E-state index in [-0.39, 0.29) is 29.1 Å². The van der Waals surface area contributed by atoms with Crippen LogP contribution in [0.15, 0.2) is 57.2 Å². The van der Waals surface area contributed by atoms with Crippen molar-refractivity contribution in [2.45, 2.75) is 26.3 Å². The highest BCUT2D eigenvalue weighted by molar-refractivity contribution is 6.03.